The van der Waals surface area contributed by atoms with Gasteiger partial charge in [-0.15, -0.1) is 11.8 Å². The second-order valence-electron chi connectivity index (χ2n) is 5.58. The second-order valence-corrected chi connectivity index (χ2v) is 6.56. The van der Waals surface area contributed by atoms with Gasteiger partial charge in [-0.25, -0.2) is 0 Å². The lowest BCUT2D eigenvalue weighted by atomic mass is 9.95. The number of carbonyl (C=O) groups is 1. The van der Waals surface area contributed by atoms with Crippen LogP contribution in [0.3, 0.4) is 0 Å². The van der Waals surface area contributed by atoms with Crippen molar-refractivity contribution in [3.8, 4) is 0 Å². The third-order valence-electron chi connectivity index (χ3n) is 2.81. The van der Waals surface area contributed by atoms with Crippen molar-refractivity contribution < 1.29 is 9.90 Å². The van der Waals surface area contributed by atoms with Crippen molar-refractivity contribution >= 4 is 17.7 Å². The number of aryl methyl sites for hydroxylation is 1. The Morgan fingerprint density at radius 1 is 1.32 bits per heavy atom. The molecule has 0 heterocycles. The molecule has 0 fully saturated rings. The summed E-state index contributed by atoms with van der Waals surface area (Å²) in [6.45, 7) is 6.49. The summed E-state index contributed by atoms with van der Waals surface area (Å²) in [5.41, 5.74) is 2.23. The summed E-state index contributed by atoms with van der Waals surface area (Å²) < 4.78 is 0. The van der Waals surface area contributed by atoms with E-state index in [9.17, 15) is 4.79 Å². The monoisotopic (exact) mass is 281 g/mol. The highest BCUT2D eigenvalue weighted by Crippen LogP contribution is 2.14. The van der Waals surface area contributed by atoms with Crippen LogP contribution in [-0.2, 0) is 10.5 Å². The van der Waals surface area contributed by atoms with Gasteiger partial charge in [0.05, 0.1) is 5.75 Å². The number of rotatable bonds is 7. The Kier molecular flexibility index (Phi) is 6.38. The molecule has 0 aliphatic heterocycles. The molecule has 0 saturated carbocycles. The minimum absolute atomic E-state index is 0.0265. The minimum atomic E-state index is -0.253. The topological polar surface area (TPSA) is 49.3 Å². The van der Waals surface area contributed by atoms with E-state index >= 15 is 0 Å². The second kappa shape index (κ2) is 7.56. The summed E-state index contributed by atoms with van der Waals surface area (Å²) in [6.07, 6.45) is 0. The average molecular weight is 281 g/mol. The maximum Gasteiger partial charge on any atom is 0.230 e. The molecule has 0 spiro atoms. The molecule has 1 rings (SSSR count). The molecule has 1 aromatic carbocycles. The van der Waals surface area contributed by atoms with Gasteiger partial charge in [-0.3, -0.25) is 4.79 Å². The summed E-state index contributed by atoms with van der Waals surface area (Å²) in [6, 6.07) is 8.35. The van der Waals surface area contributed by atoms with Crippen LogP contribution in [0.5, 0.6) is 0 Å². The smallest absolute Gasteiger partial charge is 0.230 e. The third-order valence-corrected chi connectivity index (χ3v) is 3.82. The van der Waals surface area contributed by atoms with Crippen molar-refractivity contribution in [3.05, 3.63) is 35.4 Å². The summed E-state index contributed by atoms with van der Waals surface area (Å²) in [4.78, 5) is 11.6. The van der Waals surface area contributed by atoms with Crippen molar-refractivity contribution in [2.24, 2.45) is 5.41 Å². The maximum atomic E-state index is 11.6. The van der Waals surface area contributed by atoms with Crippen molar-refractivity contribution in [2.45, 2.75) is 26.5 Å². The van der Waals surface area contributed by atoms with Gasteiger partial charge in [0.15, 0.2) is 0 Å². The lowest BCUT2D eigenvalue weighted by molar-refractivity contribution is -0.119. The fourth-order valence-electron chi connectivity index (χ4n) is 1.39. The molecular weight excluding hydrogens is 258 g/mol. The Balaban J connectivity index is 2.22. The number of aliphatic hydroxyl groups is 1. The van der Waals surface area contributed by atoms with Crippen molar-refractivity contribution in [1.29, 1.82) is 0 Å². The van der Waals surface area contributed by atoms with Gasteiger partial charge < -0.3 is 10.4 Å². The van der Waals surface area contributed by atoms with Gasteiger partial charge in [0.1, 0.15) is 0 Å². The quantitative estimate of drug-likeness (QED) is 0.806. The molecule has 0 unspecified atom stereocenters. The zero-order valence-corrected chi connectivity index (χ0v) is 12.7. The van der Waals surface area contributed by atoms with E-state index in [0.717, 1.165) is 5.75 Å². The first-order chi connectivity index (χ1) is 8.93. The molecule has 0 radical (unpaired) electrons. The largest absolute Gasteiger partial charge is 0.396 e. The van der Waals surface area contributed by atoms with Crippen molar-refractivity contribution in [3.63, 3.8) is 0 Å². The van der Waals surface area contributed by atoms with E-state index in [1.165, 1.54) is 11.1 Å². The minimum Gasteiger partial charge on any atom is -0.396 e. The molecule has 0 aliphatic rings. The molecule has 4 heteroatoms. The molecule has 3 nitrogen and oxygen atoms in total. The van der Waals surface area contributed by atoms with E-state index in [1.807, 2.05) is 13.8 Å². The van der Waals surface area contributed by atoms with Crippen LogP contribution in [0.1, 0.15) is 25.0 Å². The van der Waals surface area contributed by atoms with Crippen LogP contribution in [0.15, 0.2) is 24.3 Å². The highest BCUT2D eigenvalue weighted by molar-refractivity contribution is 7.99. The number of hydrogen-bond acceptors (Lipinski definition) is 3. The van der Waals surface area contributed by atoms with Gasteiger partial charge in [0, 0.05) is 24.3 Å². The lowest BCUT2D eigenvalue weighted by Gasteiger charge is -2.21. The van der Waals surface area contributed by atoms with Crippen LogP contribution < -0.4 is 5.32 Å². The van der Waals surface area contributed by atoms with Gasteiger partial charge in [0.2, 0.25) is 5.91 Å². The fourth-order valence-corrected chi connectivity index (χ4v) is 2.21. The maximum absolute atomic E-state index is 11.6. The zero-order chi connectivity index (χ0) is 14.3. The van der Waals surface area contributed by atoms with Gasteiger partial charge in [-0.2, -0.15) is 0 Å². The molecule has 0 aliphatic carbocycles. The summed E-state index contributed by atoms with van der Waals surface area (Å²) in [5.74, 6) is 1.32. The van der Waals surface area contributed by atoms with Crippen molar-refractivity contribution in [2.75, 3.05) is 18.9 Å². The number of carbonyl (C=O) groups excluding carboxylic acids is 1. The summed E-state index contributed by atoms with van der Waals surface area (Å²) in [7, 11) is 0. The molecule has 1 aromatic rings. The average Bonchev–Trinajstić information content (AvgIpc) is 2.39. The first kappa shape index (κ1) is 16.1. The van der Waals surface area contributed by atoms with E-state index < -0.39 is 0 Å². The molecule has 19 heavy (non-hydrogen) atoms. The third kappa shape index (κ3) is 6.64. The predicted octanol–water partition coefficient (Wildman–Crippen LogP) is 2.36. The molecule has 2 N–H and O–H groups in total. The zero-order valence-electron chi connectivity index (χ0n) is 11.9. The van der Waals surface area contributed by atoms with E-state index in [1.54, 1.807) is 11.8 Å². The Bertz CT molecular complexity index is 401. The molecule has 0 atom stereocenters. The Hall–Kier alpha value is -1.00. The summed E-state index contributed by atoms with van der Waals surface area (Å²) in [5, 5.41) is 11.9. The van der Waals surface area contributed by atoms with E-state index in [4.69, 9.17) is 5.11 Å². The SMILES string of the molecule is Cc1ccc(CSCC(=O)NCC(C)(C)CO)cc1. The molecular formula is C15H23NO2S. The highest BCUT2D eigenvalue weighted by atomic mass is 32.2. The molecule has 0 bridgehead atoms. The number of thioether (sulfide) groups is 1. The van der Waals surface area contributed by atoms with Crippen LogP contribution in [0, 0.1) is 12.3 Å². The highest BCUT2D eigenvalue weighted by Gasteiger charge is 2.17. The van der Waals surface area contributed by atoms with Crippen molar-refractivity contribution in [1.82, 2.24) is 5.32 Å². The lowest BCUT2D eigenvalue weighted by Crippen LogP contribution is -2.36. The van der Waals surface area contributed by atoms with E-state index in [-0.39, 0.29) is 17.9 Å². The fraction of sp³-hybridized carbons (Fsp3) is 0.533. The Labute approximate surface area is 119 Å². The normalized spacial score (nSPS) is 11.4. The molecule has 1 amide bonds. The number of hydrogen-bond donors (Lipinski definition) is 2. The van der Waals surface area contributed by atoms with Crippen LogP contribution >= 0.6 is 11.8 Å². The van der Waals surface area contributed by atoms with Crippen LogP contribution in [0.2, 0.25) is 0 Å². The van der Waals surface area contributed by atoms with Crippen LogP contribution in [0.4, 0.5) is 0 Å². The number of nitrogens with one attached hydrogen (secondary N) is 1. The van der Waals surface area contributed by atoms with E-state index in [0.29, 0.717) is 12.3 Å². The number of aliphatic hydroxyl groups excluding tert-OH is 1. The first-order valence-electron chi connectivity index (χ1n) is 6.44. The van der Waals surface area contributed by atoms with Gasteiger partial charge in [-0.05, 0) is 12.5 Å². The van der Waals surface area contributed by atoms with E-state index in [2.05, 4.69) is 36.5 Å². The Morgan fingerprint density at radius 2 is 1.95 bits per heavy atom. The number of benzene rings is 1. The van der Waals surface area contributed by atoms with Crippen LogP contribution in [-0.4, -0.2) is 29.9 Å². The van der Waals surface area contributed by atoms with Gasteiger partial charge >= 0.3 is 0 Å². The van der Waals surface area contributed by atoms with Crippen LogP contribution in [0.25, 0.3) is 0 Å². The predicted molar refractivity (Wildman–Crippen MR) is 81.2 cm³/mol. The molecule has 0 saturated heterocycles. The Morgan fingerprint density at radius 3 is 2.53 bits per heavy atom. The number of amides is 1. The van der Waals surface area contributed by atoms with Gasteiger partial charge in [-0.1, -0.05) is 43.7 Å². The molecule has 0 aromatic heterocycles. The standard InChI is InChI=1S/C15H23NO2S/c1-12-4-6-13(7-5-12)8-19-9-14(18)16-10-15(2,3)11-17/h4-7,17H,8-11H2,1-3H3,(H,16,18). The first-order valence-corrected chi connectivity index (χ1v) is 7.59. The van der Waals surface area contributed by atoms with Gasteiger partial charge in [0.25, 0.3) is 0 Å². The molecule has 106 valence electrons. The summed E-state index contributed by atoms with van der Waals surface area (Å²) >= 11 is 1.60.